The van der Waals surface area contributed by atoms with Crippen molar-refractivity contribution in [3.8, 4) is 11.4 Å². The van der Waals surface area contributed by atoms with Crippen LogP contribution in [0, 0.1) is 5.82 Å². The maximum Gasteiger partial charge on any atom is 0.226 e. The Hall–Kier alpha value is -3.84. The predicted molar refractivity (Wildman–Crippen MR) is 126 cm³/mol. The van der Waals surface area contributed by atoms with Gasteiger partial charge in [-0.2, -0.15) is 4.98 Å². The molecular weight excluding hydrogens is 433 g/mol. The quantitative estimate of drug-likeness (QED) is 0.332. The van der Waals surface area contributed by atoms with E-state index in [9.17, 15) is 9.18 Å². The van der Waals surface area contributed by atoms with Gasteiger partial charge in [-0.25, -0.2) is 4.39 Å². The van der Waals surface area contributed by atoms with E-state index < -0.39 is 0 Å². The van der Waals surface area contributed by atoms with Gasteiger partial charge in [0, 0.05) is 24.9 Å². The summed E-state index contributed by atoms with van der Waals surface area (Å²) in [6, 6.07) is 24.0. The van der Waals surface area contributed by atoms with Gasteiger partial charge in [0.05, 0.1) is 13.2 Å². The predicted octanol–water partition coefficient (Wildman–Crippen LogP) is 5.23. The molecule has 0 bridgehead atoms. The van der Waals surface area contributed by atoms with E-state index in [0.717, 1.165) is 16.7 Å². The molecule has 7 heteroatoms. The standard InChI is InChI=1S/C27H26FN3O3/c28-24-15-13-23(14-16-24)27-30-26(34-31-27)8-4-7-25(32)29-17-20-9-11-22(12-10-20)19-33-18-21-5-2-1-3-6-21/h1-3,5-6,9-16H,4,7-8,17-19H2,(H,29,32). The largest absolute Gasteiger partial charge is 0.372 e. The SMILES string of the molecule is O=C(CCCc1nc(-c2ccc(F)cc2)no1)NCc1ccc(COCc2ccccc2)cc1. The first kappa shape index (κ1) is 23.3. The number of carbonyl (C=O) groups is 1. The van der Waals surface area contributed by atoms with Gasteiger partial charge < -0.3 is 14.6 Å². The van der Waals surface area contributed by atoms with Crippen molar-refractivity contribution in [3.05, 3.63) is 107 Å². The highest BCUT2D eigenvalue weighted by Crippen LogP contribution is 2.17. The molecule has 34 heavy (non-hydrogen) atoms. The molecule has 0 atom stereocenters. The van der Waals surface area contributed by atoms with Gasteiger partial charge in [-0.3, -0.25) is 4.79 Å². The van der Waals surface area contributed by atoms with Gasteiger partial charge in [0.25, 0.3) is 0 Å². The van der Waals surface area contributed by atoms with E-state index in [2.05, 4.69) is 15.5 Å². The highest BCUT2D eigenvalue weighted by Gasteiger charge is 2.10. The molecule has 1 heterocycles. The van der Waals surface area contributed by atoms with Crippen LogP contribution < -0.4 is 5.32 Å². The molecule has 174 valence electrons. The molecular formula is C27H26FN3O3. The highest BCUT2D eigenvalue weighted by atomic mass is 19.1. The van der Waals surface area contributed by atoms with Gasteiger partial charge in [-0.05, 0) is 47.4 Å². The molecule has 0 unspecified atom stereocenters. The van der Waals surface area contributed by atoms with Crippen molar-refractivity contribution < 1.29 is 18.4 Å². The number of halogens is 1. The zero-order chi connectivity index (χ0) is 23.6. The number of benzene rings is 3. The van der Waals surface area contributed by atoms with Crippen molar-refractivity contribution in [2.75, 3.05) is 0 Å². The molecule has 3 aromatic carbocycles. The average molecular weight is 460 g/mol. The molecule has 1 amide bonds. The van der Waals surface area contributed by atoms with Crippen molar-refractivity contribution in [1.29, 1.82) is 0 Å². The van der Waals surface area contributed by atoms with E-state index in [4.69, 9.17) is 9.26 Å². The first-order valence-corrected chi connectivity index (χ1v) is 11.2. The summed E-state index contributed by atoms with van der Waals surface area (Å²) < 4.78 is 24.0. The summed E-state index contributed by atoms with van der Waals surface area (Å²) in [5, 5.41) is 6.85. The van der Waals surface area contributed by atoms with E-state index >= 15 is 0 Å². The minimum atomic E-state index is -0.317. The second kappa shape index (κ2) is 11.9. The summed E-state index contributed by atoms with van der Waals surface area (Å²) in [5.41, 5.74) is 3.95. The van der Waals surface area contributed by atoms with Crippen LogP contribution >= 0.6 is 0 Å². The van der Waals surface area contributed by atoms with Crippen LogP contribution in [0.4, 0.5) is 4.39 Å². The molecule has 0 fully saturated rings. The molecule has 4 rings (SSSR count). The molecule has 1 aromatic heterocycles. The Bertz CT molecular complexity index is 1180. The lowest BCUT2D eigenvalue weighted by atomic mass is 10.1. The van der Waals surface area contributed by atoms with Crippen LogP contribution in [0.2, 0.25) is 0 Å². The zero-order valence-electron chi connectivity index (χ0n) is 18.7. The highest BCUT2D eigenvalue weighted by molar-refractivity contribution is 5.75. The van der Waals surface area contributed by atoms with E-state index in [0.29, 0.717) is 56.3 Å². The minimum absolute atomic E-state index is 0.0338. The van der Waals surface area contributed by atoms with E-state index in [1.54, 1.807) is 12.1 Å². The van der Waals surface area contributed by atoms with Crippen molar-refractivity contribution in [3.63, 3.8) is 0 Å². The molecule has 0 radical (unpaired) electrons. The van der Waals surface area contributed by atoms with Crippen LogP contribution in [0.25, 0.3) is 11.4 Å². The van der Waals surface area contributed by atoms with E-state index in [1.165, 1.54) is 12.1 Å². The minimum Gasteiger partial charge on any atom is -0.372 e. The number of rotatable bonds is 11. The zero-order valence-corrected chi connectivity index (χ0v) is 18.7. The summed E-state index contributed by atoms with van der Waals surface area (Å²) in [4.78, 5) is 16.5. The fraction of sp³-hybridized carbons (Fsp3) is 0.222. The van der Waals surface area contributed by atoms with Gasteiger partial charge in [0.15, 0.2) is 0 Å². The second-order valence-electron chi connectivity index (χ2n) is 7.94. The number of amides is 1. The lowest BCUT2D eigenvalue weighted by Crippen LogP contribution is -2.22. The third-order valence-corrected chi connectivity index (χ3v) is 5.26. The number of aryl methyl sites for hydroxylation is 1. The summed E-state index contributed by atoms with van der Waals surface area (Å²) in [6.45, 7) is 1.59. The third kappa shape index (κ3) is 7.08. The second-order valence-corrected chi connectivity index (χ2v) is 7.94. The Labute approximate surface area is 197 Å². The van der Waals surface area contributed by atoms with Gasteiger partial charge in [-0.15, -0.1) is 0 Å². The van der Waals surface area contributed by atoms with Crippen LogP contribution in [-0.2, 0) is 35.7 Å². The van der Waals surface area contributed by atoms with Crippen molar-refractivity contribution in [2.24, 2.45) is 0 Å². The number of hydrogen-bond donors (Lipinski definition) is 1. The number of carbonyl (C=O) groups excluding carboxylic acids is 1. The maximum atomic E-state index is 13.0. The number of nitrogens with one attached hydrogen (secondary N) is 1. The van der Waals surface area contributed by atoms with Crippen LogP contribution in [0.1, 0.15) is 35.4 Å². The van der Waals surface area contributed by atoms with E-state index in [-0.39, 0.29) is 11.7 Å². The smallest absolute Gasteiger partial charge is 0.226 e. The first-order chi connectivity index (χ1) is 16.7. The Kier molecular flexibility index (Phi) is 8.13. The molecule has 0 saturated carbocycles. The monoisotopic (exact) mass is 459 g/mol. The Morgan fingerprint density at radius 1 is 0.882 bits per heavy atom. The molecule has 0 saturated heterocycles. The molecule has 0 aliphatic rings. The fourth-order valence-corrected chi connectivity index (χ4v) is 3.38. The molecule has 0 aliphatic heterocycles. The Morgan fingerprint density at radius 2 is 1.56 bits per heavy atom. The van der Waals surface area contributed by atoms with Crippen LogP contribution in [0.5, 0.6) is 0 Å². The lowest BCUT2D eigenvalue weighted by molar-refractivity contribution is -0.121. The molecule has 0 spiro atoms. The van der Waals surface area contributed by atoms with Crippen LogP contribution in [0.3, 0.4) is 0 Å². The fourth-order valence-electron chi connectivity index (χ4n) is 3.38. The normalized spacial score (nSPS) is 10.9. The molecule has 0 aliphatic carbocycles. The Morgan fingerprint density at radius 3 is 2.29 bits per heavy atom. The lowest BCUT2D eigenvalue weighted by Gasteiger charge is -2.07. The maximum absolute atomic E-state index is 13.0. The average Bonchev–Trinajstić information content (AvgIpc) is 3.33. The summed E-state index contributed by atoms with van der Waals surface area (Å²) >= 11 is 0. The number of hydrogen-bond acceptors (Lipinski definition) is 5. The van der Waals surface area contributed by atoms with E-state index in [1.807, 2.05) is 54.6 Å². The summed E-state index contributed by atoms with van der Waals surface area (Å²) in [5.74, 6) is 0.515. The Balaban J connectivity index is 1.13. The van der Waals surface area contributed by atoms with Gasteiger partial charge in [0.2, 0.25) is 17.6 Å². The molecule has 4 aromatic rings. The van der Waals surface area contributed by atoms with Gasteiger partial charge in [-0.1, -0.05) is 59.8 Å². The van der Waals surface area contributed by atoms with Crippen LogP contribution in [0.15, 0.2) is 83.4 Å². The topological polar surface area (TPSA) is 77.2 Å². The van der Waals surface area contributed by atoms with Crippen molar-refractivity contribution >= 4 is 5.91 Å². The number of ether oxygens (including phenoxy) is 1. The first-order valence-electron chi connectivity index (χ1n) is 11.2. The van der Waals surface area contributed by atoms with Gasteiger partial charge in [0.1, 0.15) is 5.82 Å². The van der Waals surface area contributed by atoms with Gasteiger partial charge >= 0.3 is 0 Å². The van der Waals surface area contributed by atoms with Crippen molar-refractivity contribution in [1.82, 2.24) is 15.5 Å². The van der Waals surface area contributed by atoms with Crippen LogP contribution in [-0.4, -0.2) is 16.0 Å². The summed E-state index contributed by atoms with van der Waals surface area (Å²) in [6.07, 6.45) is 1.45. The summed E-state index contributed by atoms with van der Waals surface area (Å²) in [7, 11) is 0. The third-order valence-electron chi connectivity index (χ3n) is 5.26. The number of nitrogens with zero attached hydrogens (tertiary/aromatic N) is 2. The number of aromatic nitrogens is 2. The molecule has 6 nitrogen and oxygen atoms in total. The van der Waals surface area contributed by atoms with Crippen molar-refractivity contribution in [2.45, 2.75) is 39.0 Å². The molecule has 1 N–H and O–H groups in total.